The van der Waals surface area contributed by atoms with Gasteiger partial charge in [0.25, 0.3) is 5.56 Å². The molecule has 6 heteroatoms. The van der Waals surface area contributed by atoms with Gasteiger partial charge in [0.1, 0.15) is 0 Å². The maximum atomic E-state index is 11.7. The highest BCUT2D eigenvalue weighted by Crippen LogP contribution is 2.17. The molecular weight excluding hydrogens is 230 g/mol. The lowest BCUT2D eigenvalue weighted by Gasteiger charge is -2.43. The Balaban J connectivity index is 2.03. The van der Waals surface area contributed by atoms with Crippen molar-refractivity contribution in [1.29, 1.82) is 0 Å². The third-order valence-corrected chi connectivity index (χ3v) is 3.62. The predicted molar refractivity (Wildman–Crippen MR) is 71.8 cm³/mol. The van der Waals surface area contributed by atoms with Gasteiger partial charge in [-0.05, 0) is 13.8 Å². The highest BCUT2D eigenvalue weighted by atomic mass is 16.1. The third kappa shape index (κ3) is 2.54. The van der Waals surface area contributed by atoms with Crippen LogP contribution in [0.3, 0.4) is 0 Å². The summed E-state index contributed by atoms with van der Waals surface area (Å²) in [4.78, 5) is 22.9. The first-order chi connectivity index (χ1) is 8.54. The molecule has 0 aliphatic carbocycles. The number of anilines is 1. The van der Waals surface area contributed by atoms with Crippen LogP contribution in [0.25, 0.3) is 0 Å². The van der Waals surface area contributed by atoms with Gasteiger partial charge < -0.3 is 15.6 Å². The fraction of sp³-hybridized carbons (Fsp3) is 0.667. The first-order valence-electron chi connectivity index (χ1n) is 6.28. The van der Waals surface area contributed by atoms with E-state index in [1.54, 1.807) is 12.4 Å². The van der Waals surface area contributed by atoms with Gasteiger partial charge in [-0.2, -0.15) is 0 Å². The number of hydrogen-bond donors (Lipinski definition) is 2. The first kappa shape index (κ1) is 13.0. The number of H-pyrrole nitrogens is 1. The molecule has 0 spiro atoms. The highest BCUT2D eigenvalue weighted by Gasteiger charge is 2.29. The molecule has 18 heavy (non-hydrogen) atoms. The number of aromatic nitrogens is 2. The van der Waals surface area contributed by atoms with Crippen molar-refractivity contribution < 1.29 is 0 Å². The minimum Gasteiger partial charge on any atom is -0.349 e. The van der Waals surface area contributed by atoms with Gasteiger partial charge in [-0.3, -0.25) is 9.69 Å². The normalized spacial score (nSPS) is 18.1. The lowest BCUT2D eigenvalue weighted by molar-refractivity contribution is 0.119. The summed E-state index contributed by atoms with van der Waals surface area (Å²) in [6.07, 6.45) is 3.17. The zero-order chi connectivity index (χ0) is 13.2. The smallest absolute Gasteiger partial charge is 0.290 e. The maximum Gasteiger partial charge on any atom is 0.290 e. The maximum absolute atomic E-state index is 11.7. The zero-order valence-corrected chi connectivity index (χ0v) is 11.0. The molecule has 2 rings (SSSR count). The van der Waals surface area contributed by atoms with E-state index in [0.717, 1.165) is 26.2 Å². The van der Waals surface area contributed by atoms with Crippen molar-refractivity contribution in [3.63, 3.8) is 0 Å². The molecule has 0 unspecified atom stereocenters. The minimum absolute atomic E-state index is 0.0165. The van der Waals surface area contributed by atoms with Crippen molar-refractivity contribution in [2.45, 2.75) is 19.4 Å². The van der Waals surface area contributed by atoms with Crippen molar-refractivity contribution in [2.75, 3.05) is 37.6 Å². The summed E-state index contributed by atoms with van der Waals surface area (Å²) in [6.45, 7) is 8.36. The Morgan fingerprint density at radius 3 is 2.61 bits per heavy atom. The number of nitrogens with zero attached hydrogens (tertiary/aromatic N) is 3. The average Bonchev–Trinajstić information content (AvgIpc) is 2.39. The van der Waals surface area contributed by atoms with E-state index in [-0.39, 0.29) is 11.1 Å². The SMILES string of the molecule is CC(C)(CN)N1CCN(c2ncc[nH]c2=O)CC1. The number of hydrogen-bond acceptors (Lipinski definition) is 5. The highest BCUT2D eigenvalue weighted by molar-refractivity contribution is 5.35. The molecule has 0 atom stereocenters. The fourth-order valence-corrected chi connectivity index (χ4v) is 2.22. The van der Waals surface area contributed by atoms with Crippen LogP contribution < -0.4 is 16.2 Å². The van der Waals surface area contributed by atoms with E-state index in [1.165, 1.54) is 0 Å². The molecular formula is C12H21N5O. The molecule has 1 aliphatic rings. The van der Waals surface area contributed by atoms with Crippen LogP contribution in [-0.2, 0) is 0 Å². The number of piperazine rings is 1. The summed E-state index contributed by atoms with van der Waals surface area (Å²) in [5.74, 6) is 0.516. The molecule has 0 aromatic carbocycles. The molecule has 0 saturated carbocycles. The van der Waals surface area contributed by atoms with Crippen molar-refractivity contribution in [2.24, 2.45) is 5.73 Å². The largest absolute Gasteiger partial charge is 0.349 e. The average molecular weight is 251 g/mol. The van der Waals surface area contributed by atoms with Crippen LogP contribution in [-0.4, -0.2) is 53.1 Å². The van der Waals surface area contributed by atoms with E-state index in [9.17, 15) is 4.79 Å². The Morgan fingerprint density at radius 1 is 1.39 bits per heavy atom. The van der Waals surface area contributed by atoms with Crippen LogP contribution in [0.15, 0.2) is 17.2 Å². The van der Waals surface area contributed by atoms with E-state index in [4.69, 9.17) is 5.73 Å². The Hall–Kier alpha value is -1.40. The molecule has 1 saturated heterocycles. The molecule has 100 valence electrons. The molecule has 1 aromatic rings. The van der Waals surface area contributed by atoms with Gasteiger partial charge in [-0.1, -0.05) is 0 Å². The van der Waals surface area contributed by atoms with Crippen LogP contribution in [0.2, 0.25) is 0 Å². The molecule has 1 aromatic heterocycles. The summed E-state index contributed by atoms with van der Waals surface area (Å²) < 4.78 is 0. The third-order valence-electron chi connectivity index (χ3n) is 3.62. The van der Waals surface area contributed by atoms with Gasteiger partial charge in [0.05, 0.1) is 0 Å². The van der Waals surface area contributed by atoms with E-state index in [1.807, 2.05) is 4.90 Å². The molecule has 6 nitrogen and oxygen atoms in total. The minimum atomic E-state index is -0.121. The van der Waals surface area contributed by atoms with Crippen LogP contribution in [0.5, 0.6) is 0 Å². The first-order valence-corrected chi connectivity index (χ1v) is 6.28. The number of nitrogens with one attached hydrogen (secondary N) is 1. The number of aromatic amines is 1. The van der Waals surface area contributed by atoms with Gasteiger partial charge in [0, 0.05) is 50.7 Å². The van der Waals surface area contributed by atoms with Crippen LogP contribution in [0.1, 0.15) is 13.8 Å². The van der Waals surface area contributed by atoms with Crippen LogP contribution in [0, 0.1) is 0 Å². The molecule has 0 amide bonds. The summed E-state index contributed by atoms with van der Waals surface area (Å²) in [5, 5.41) is 0. The Labute approximate surface area is 107 Å². The number of rotatable bonds is 3. The molecule has 3 N–H and O–H groups in total. The fourth-order valence-electron chi connectivity index (χ4n) is 2.22. The Bertz CT molecular complexity index is 448. The van der Waals surface area contributed by atoms with Gasteiger partial charge in [-0.25, -0.2) is 4.98 Å². The molecule has 0 bridgehead atoms. The summed E-state index contributed by atoms with van der Waals surface area (Å²) >= 11 is 0. The molecule has 0 radical (unpaired) electrons. The van der Waals surface area contributed by atoms with Gasteiger partial charge >= 0.3 is 0 Å². The zero-order valence-electron chi connectivity index (χ0n) is 11.0. The predicted octanol–water partition coefficient (Wildman–Crippen LogP) is -0.371. The Kier molecular flexibility index (Phi) is 3.68. The lowest BCUT2D eigenvalue weighted by atomic mass is 10.0. The summed E-state index contributed by atoms with van der Waals surface area (Å²) in [7, 11) is 0. The van der Waals surface area contributed by atoms with E-state index in [2.05, 4.69) is 28.7 Å². The monoisotopic (exact) mass is 251 g/mol. The van der Waals surface area contributed by atoms with Gasteiger partial charge in [-0.15, -0.1) is 0 Å². The van der Waals surface area contributed by atoms with Crippen LogP contribution in [0.4, 0.5) is 5.82 Å². The second-order valence-electron chi connectivity index (χ2n) is 5.23. The molecule has 1 aliphatic heterocycles. The van der Waals surface area contributed by atoms with Gasteiger partial charge in [0.2, 0.25) is 0 Å². The Morgan fingerprint density at radius 2 is 2.06 bits per heavy atom. The van der Waals surface area contributed by atoms with Gasteiger partial charge in [0.15, 0.2) is 5.82 Å². The van der Waals surface area contributed by atoms with Crippen molar-refractivity contribution >= 4 is 5.82 Å². The van der Waals surface area contributed by atoms with Crippen molar-refractivity contribution in [3.05, 3.63) is 22.7 Å². The second-order valence-corrected chi connectivity index (χ2v) is 5.23. The number of nitrogens with two attached hydrogens (primary N) is 1. The van der Waals surface area contributed by atoms with E-state index in [0.29, 0.717) is 12.4 Å². The van der Waals surface area contributed by atoms with Crippen molar-refractivity contribution in [1.82, 2.24) is 14.9 Å². The van der Waals surface area contributed by atoms with Crippen molar-refractivity contribution in [3.8, 4) is 0 Å². The quantitative estimate of drug-likeness (QED) is 0.766. The molecule has 2 heterocycles. The topological polar surface area (TPSA) is 78.2 Å². The lowest BCUT2D eigenvalue weighted by Crippen LogP contribution is -2.58. The van der Waals surface area contributed by atoms with Crippen LogP contribution >= 0.6 is 0 Å². The van der Waals surface area contributed by atoms with E-state index < -0.39 is 0 Å². The molecule has 1 fully saturated rings. The summed E-state index contributed by atoms with van der Waals surface area (Å²) in [5.41, 5.74) is 5.68. The standard InChI is InChI=1S/C12H21N5O/c1-12(2,9-13)17-7-5-16(6-8-17)10-11(18)15-4-3-14-10/h3-4H,5-9,13H2,1-2H3,(H,15,18). The summed E-state index contributed by atoms with van der Waals surface area (Å²) in [6, 6.07) is 0. The second kappa shape index (κ2) is 5.07. The van der Waals surface area contributed by atoms with E-state index >= 15 is 0 Å².